The highest BCUT2D eigenvalue weighted by atomic mass is 35.5. The van der Waals surface area contributed by atoms with Gasteiger partial charge < -0.3 is 0 Å². The van der Waals surface area contributed by atoms with Gasteiger partial charge in [0.2, 0.25) is 0 Å². The van der Waals surface area contributed by atoms with Crippen molar-refractivity contribution in [3.8, 4) is 0 Å². The lowest BCUT2D eigenvalue weighted by Crippen LogP contribution is -2.23. The minimum absolute atomic E-state index is 0.152. The van der Waals surface area contributed by atoms with Crippen LogP contribution in [0.1, 0.15) is 32.8 Å². The van der Waals surface area contributed by atoms with E-state index in [0.717, 1.165) is 6.07 Å². The molecule has 0 radical (unpaired) electrons. The van der Waals surface area contributed by atoms with Crippen LogP contribution < -0.4 is 0 Å². The summed E-state index contributed by atoms with van der Waals surface area (Å²) in [6.45, 7) is 5.28. The Kier molecular flexibility index (Phi) is 3.89. The van der Waals surface area contributed by atoms with Gasteiger partial charge in [-0.25, -0.2) is 13.2 Å². The number of benzene rings is 1. The van der Waals surface area contributed by atoms with Gasteiger partial charge in [-0.1, -0.05) is 19.9 Å². The molecule has 0 saturated heterocycles. The monoisotopic (exact) mass is 250 g/mol. The van der Waals surface area contributed by atoms with Gasteiger partial charge in [0, 0.05) is 5.38 Å². The molecule has 0 aliphatic heterocycles. The molecule has 0 fully saturated rings. The summed E-state index contributed by atoms with van der Waals surface area (Å²) in [7, 11) is 0. The normalized spacial score (nSPS) is 13.9. The van der Waals surface area contributed by atoms with Gasteiger partial charge in [0.25, 0.3) is 0 Å². The topological polar surface area (TPSA) is 0 Å². The third-order valence-corrected chi connectivity index (χ3v) is 2.71. The van der Waals surface area contributed by atoms with E-state index >= 15 is 0 Å². The van der Waals surface area contributed by atoms with Crippen molar-refractivity contribution in [3.63, 3.8) is 0 Å². The van der Waals surface area contributed by atoms with Crippen LogP contribution in [0.25, 0.3) is 0 Å². The summed E-state index contributed by atoms with van der Waals surface area (Å²) in [6.07, 6.45) is 0.483. The molecule has 0 aliphatic rings. The molecule has 0 amide bonds. The van der Waals surface area contributed by atoms with E-state index < -0.39 is 22.9 Å². The quantitative estimate of drug-likeness (QED) is 0.551. The first kappa shape index (κ1) is 13.4. The summed E-state index contributed by atoms with van der Waals surface area (Å²) in [5, 5.41) is -0.164. The van der Waals surface area contributed by atoms with E-state index in [1.165, 1.54) is 6.07 Å². The second kappa shape index (κ2) is 4.66. The first-order chi connectivity index (χ1) is 7.25. The van der Waals surface area contributed by atoms with E-state index in [9.17, 15) is 13.2 Å². The van der Waals surface area contributed by atoms with Crippen LogP contribution >= 0.6 is 11.6 Å². The van der Waals surface area contributed by atoms with Gasteiger partial charge in [-0.15, -0.1) is 11.6 Å². The lowest BCUT2D eigenvalue weighted by atomic mass is 9.80. The molecule has 16 heavy (non-hydrogen) atoms. The minimum atomic E-state index is -1.42. The fourth-order valence-electron chi connectivity index (χ4n) is 1.86. The van der Waals surface area contributed by atoms with Crippen LogP contribution in [0.3, 0.4) is 0 Å². The van der Waals surface area contributed by atoms with Crippen LogP contribution in [-0.4, -0.2) is 5.38 Å². The third-order valence-electron chi connectivity index (χ3n) is 2.56. The summed E-state index contributed by atoms with van der Waals surface area (Å²) in [5.41, 5.74) is -0.473. The molecule has 0 aromatic heterocycles. The molecule has 0 nitrogen and oxygen atoms in total. The summed E-state index contributed by atoms with van der Waals surface area (Å²) >= 11 is 5.85. The molecular formula is C12H14ClF3. The molecule has 1 atom stereocenters. The first-order valence-corrected chi connectivity index (χ1v) is 5.47. The average Bonchev–Trinajstić information content (AvgIpc) is 2.11. The Morgan fingerprint density at radius 3 is 2.25 bits per heavy atom. The van der Waals surface area contributed by atoms with Crippen LogP contribution in [0.2, 0.25) is 0 Å². The zero-order chi connectivity index (χ0) is 12.5. The standard InChI is InChI=1S/C12H14ClF3/c1-7(13)6-12(2,3)8-4-5-9(14)11(16)10(8)15/h4-5,7H,6H2,1-3H3. The van der Waals surface area contributed by atoms with Crippen molar-refractivity contribution < 1.29 is 13.2 Å². The first-order valence-electron chi connectivity index (χ1n) is 5.04. The smallest absolute Gasteiger partial charge is 0.194 e. The number of alkyl halides is 1. The fourth-order valence-corrected chi connectivity index (χ4v) is 2.25. The molecule has 90 valence electrons. The van der Waals surface area contributed by atoms with Gasteiger partial charge in [0.15, 0.2) is 17.5 Å². The van der Waals surface area contributed by atoms with Crippen molar-refractivity contribution in [1.29, 1.82) is 0 Å². The average molecular weight is 251 g/mol. The van der Waals surface area contributed by atoms with Gasteiger partial charge in [0.05, 0.1) is 0 Å². The van der Waals surface area contributed by atoms with Crippen molar-refractivity contribution in [2.24, 2.45) is 0 Å². The van der Waals surface area contributed by atoms with Crippen LogP contribution in [0, 0.1) is 17.5 Å². The van der Waals surface area contributed by atoms with Gasteiger partial charge in [0.1, 0.15) is 0 Å². The molecule has 1 unspecified atom stereocenters. The highest BCUT2D eigenvalue weighted by molar-refractivity contribution is 6.20. The van der Waals surface area contributed by atoms with E-state index in [0.29, 0.717) is 6.42 Å². The van der Waals surface area contributed by atoms with Crippen LogP contribution in [0.5, 0.6) is 0 Å². The Hall–Kier alpha value is -0.700. The van der Waals surface area contributed by atoms with Crippen molar-refractivity contribution in [1.82, 2.24) is 0 Å². The predicted octanol–water partition coefficient (Wildman–Crippen LogP) is 4.40. The van der Waals surface area contributed by atoms with E-state index in [-0.39, 0.29) is 10.9 Å². The Balaban J connectivity index is 3.18. The molecule has 1 aromatic rings. The van der Waals surface area contributed by atoms with Crippen molar-refractivity contribution in [2.45, 2.75) is 38.0 Å². The Morgan fingerprint density at radius 2 is 1.75 bits per heavy atom. The van der Waals surface area contributed by atoms with Crippen LogP contribution in [0.15, 0.2) is 12.1 Å². The number of hydrogen-bond donors (Lipinski definition) is 0. The van der Waals surface area contributed by atoms with Crippen molar-refractivity contribution >= 4 is 11.6 Å². The molecule has 4 heteroatoms. The highest BCUT2D eigenvalue weighted by Crippen LogP contribution is 2.33. The number of halogens is 4. The third kappa shape index (κ3) is 2.70. The zero-order valence-electron chi connectivity index (χ0n) is 9.45. The van der Waals surface area contributed by atoms with E-state index in [1.807, 2.05) is 0 Å². The molecule has 1 aromatic carbocycles. The van der Waals surface area contributed by atoms with Gasteiger partial charge in [-0.2, -0.15) is 0 Å². The molecule has 1 rings (SSSR count). The Morgan fingerprint density at radius 1 is 1.19 bits per heavy atom. The predicted molar refractivity (Wildman–Crippen MR) is 59.3 cm³/mol. The van der Waals surface area contributed by atoms with Crippen molar-refractivity contribution in [3.05, 3.63) is 35.1 Å². The maximum atomic E-state index is 13.6. The highest BCUT2D eigenvalue weighted by Gasteiger charge is 2.28. The van der Waals surface area contributed by atoms with E-state index in [2.05, 4.69) is 0 Å². The SMILES string of the molecule is CC(Cl)CC(C)(C)c1ccc(F)c(F)c1F. The largest absolute Gasteiger partial charge is 0.204 e. The number of hydrogen-bond acceptors (Lipinski definition) is 0. The molecule has 0 saturated carbocycles. The molecular weight excluding hydrogens is 237 g/mol. The van der Waals surface area contributed by atoms with Crippen LogP contribution in [-0.2, 0) is 5.41 Å². The second-order valence-corrected chi connectivity index (χ2v) is 5.34. The molecule has 0 spiro atoms. The van der Waals surface area contributed by atoms with Crippen molar-refractivity contribution in [2.75, 3.05) is 0 Å². The molecule has 0 heterocycles. The summed E-state index contributed by atoms with van der Waals surface area (Å²) in [4.78, 5) is 0. The van der Waals surface area contributed by atoms with Gasteiger partial charge >= 0.3 is 0 Å². The maximum Gasteiger partial charge on any atom is 0.194 e. The lowest BCUT2D eigenvalue weighted by molar-refractivity contribution is 0.402. The van der Waals surface area contributed by atoms with Crippen LogP contribution in [0.4, 0.5) is 13.2 Å². The molecule has 0 bridgehead atoms. The Bertz CT molecular complexity index is 386. The fraction of sp³-hybridized carbons (Fsp3) is 0.500. The summed E-state index contributed by atoms with van der Waals surface area (Å²) in [5.74, 6) is -3.72. The second-order valence-electron chi connectivity index (χ2n) is 4.59. The maximum absolute atomic E-state index is 13.6. The molecule has 0 N–H and O–H groups in total. The molecule has 0 aliphatic carbocycles. The Labute approximate surface area is 98.4 Å². The summed E-state index contributed by atoms with van der Waals surface area (Å²) in [6, 6.07) is 2.21. The van der Waals surface area contributed by atoms with Gasteiger partial charge in [-0.3, -0.25) is 0 Å². The van der Waals surface area contributed by atoms with E-state index in [1.54, 1.807) is 20.8 Å². The number of rotatable bonds is 3. The zero-order valence-corrected chi connectivity index (χ0v) is 10.2. The lowest BCUT2D eigenvalue weighted by Gasteiger charge is -2.27. The van der Waals surface area contributed by atoms with E-state index in [4.69, 9.17) is 11.6 Å². The van der Waals surface area contributed by atoms with Gasteiger partial charge in [-0.05, 0) is 30.4 Å². The summed E-state index contributed by atoms with van der Waals surface area (Å²) < 4.78 is 39.4. The minimum Gasteiger partial charge on any atom is -0.204 e.